The van der Waals surface area contributed by atoms with E-state index in [0.29, 0.717) is 63.2 Å². The van der Waals surface area contributed by atoms with Gasteiger partial charge in [-0.3, -0.25) is 24.0 Å². The number of ether oxygens (including phenoxy) is 1. The Bertz CT molecular complexity index is 1720. The number of hydrogen-bond donors (Lipinski definition) is 5. The summed E-state index contributed by atoms with van der Waals surface area (Å²) in [6.07, 6.45) is 20.2. The number of carboxylic acid groups (broad SMARTS) is 1. The van der Waals surface area contributed by atoms with Crippen molar-refractivity contribution in [3.63, 3.8) is 0 Å². The molecule has 6 fully saturated rings. The molecule has 4 saturated carbocycles. The van der Waals surface area contributed by atoms with Gasteiger partial charge in [-0.05, 0) is 112 Å². The summed E-state index contributed by atoms with van der Waals surface area (Å²) in [6, 6.07) is -1.71. The lowest BCUT2D eigenvalue weighted by Crippen LogP contribution is -2.59. The van der Waals surface area contributed by atoms with Crippen molar-refractivity contribution in [2.24, 2.45) is 29.6 Å². The second-order valence-electron chi connectivity index (χ2n) is 19.1. The quantitative estimate of drug-likeness (QED) is 0.146. The summed E-state index contributed by atoms with van der Waals surface area (Å²) in [5.41, 5.74) is 0. The fourth-order valence-electron chi connectivity index (χ4n) is 10.8. The maximum Gasteiger partial charge on any atom is 0.326 e. The summed E-state index contributed by atoms with van der Waals surface area (Å²) in [5.74, 6) is 4.25. The smallest absolute Gasteiger partial charge is 0.326 e. The third-order valence-electron chi connectivity index (χ3n) is 14.8. The molecule has 5 N–H and O–H groups in total. The van der Waals surface area contributed by atoms with Crippen molar-refractivity contribution >= 4 is 46.8 Å². The van der Waals surface area contributed by atoms with Gasteiger partial charge in [0, 0.05) is 7.05 Å². The zero-order valence-corrected chi connectivity index (χ0v) is 37.8. The Balaban J connectivity index is 1.29. The minimum absolute atomic E-state index is 0.0279. The molecule has 1 aromatic rings. The average molecular weight is 878 g/mol. The minimum Gasteiger partial charge on any atom is -0.480 e. The van der Waals surface area contributed by atoms with Gasteiger partial charge in [0.2, 0.25) is 23.6 Å². The van der Waals surface area contributed by atoms with Gasteiger partial charge in [0.25, 0.3) is 5.91 Å². The molecule has 3 heterocycles. The number of nitrogens with one attached hydrogen (secondary N) is 4. The van der Waals surface area contributed by atoms with Gasteiger partial charge in [0.15, 0.2) is 6.04 Å². The summed E-state index contributed by atoms with van der Waals surface area (Å²) in [7, 11) is 1.44. The number of aliphatic carboxylic acids is 1. The van der Waals surface area contributed by atoms with Crippen molar-refractivity contribution in [1.29, 1.82) is 0 Å². The average Bonchev–Trinajstić information content (AvgIpc) is 3.82. The van der Waals surface area contributed by atoms with Crippen molar-refractivity contribution in [3.05, 3.63) is 22.4 Å². The van der Waals surface area contributed by atoms with Crippen LogP contribution in [-0.2, 0) is 33.5 Å². The lowest BCUT2D eigenvalue weighted by molar-refractivity contribution is -0.149. The van der Waals surface area contributed by atoms with Crippen molar-refractivity contribution in [3.8, 4) is 11.8 Å². The van der Waals surface area contributed by atoms with E-state index in [1.807, 2.05) is 17.5 Å². The third kappa shape index (κ3) is 14.0. The highest BCUT2D eigenvalue weighted by atomic mass is 32.1. The maximum absolute atomic E-state index is 14.7. The van der Waals surface area contributed by atoms with E-state index in [9.17, 15) is 33.9 Å². The fraction of sp³-hybridized carbons (Fsp3) is 0.750. The summed E-state index contributed by atoms with van der Waals surface area (Å²) in [4.78, 5) is 84.9. The van der Waals surface area contributed by atoms with Crippen molar-refractivity contribution in [1.82, 2.24) is 26.2 Å². The molecule has 0 radical (unpaired) electrons. The highest BCUT2D eigenvalue weighted by molar-refractivity contribution is 7.10. The largest absolute Gasteiger partial charge is 0.480 e. The molecule has 5 atom stereocenters. The number of amides is 5. The predicted octanol–water partition coefficient (Wildman–Crippen LogP) is 6.09. The van der Waals surface area contributed by atoms with Crippen LogP contribution in [0, 0.1) is 41.4 Å². The molecule has 4 aliphatic carbocycles. The van der Waals surface area contributed by atoms with Gasteiger partial charge in [-0.15, -0.1) is 11.3 Å². The van der Waals surface area contributed by atoms with Gasteiger partial charge in [0.05, 0.1) is 11.0 Å². The SMILES string of the molecule is CC(C(=O)O)N(C)C(=O)C1CC2CCC(CC2)OCC(=O)NC(C#Cc2cccs2)C(=O)NC(CC2CCC(C3CCCCC3)CC2)C(=O)NC(CCC2CCCCC2)C(=O)N1. The summed E-state index contributed by atoms with van der Waals surface area (Å²) < 4.78 is 6.05. The monoisotopic (exact) mass is 878 g/mol. The fourth-order valence-corrected chi connectivity index (χ4v) is 11.3. The zero-order valence-electron chi connectivity index (χ0n) is 37.0. The molecule has 2 saturated heterocycles. The van der Waals surface area contributed by atoms with Crippen LogP contribution in [0.5, 0.6) is 0 Å². The van der Waals surface area contributed by atoms with E-state index < -0.39 is 65.7 Å². The van der Waals surface area contributed by atoms with Crippen LogP contribution in [0.4, 0.5) is 0 Å². The number of carbonyl (C=O) groups is 6. The first-order chi connectivity index (χ1) is 29.9. The van der Waals surface area contributed by atoms with Gasteiger partial charge in [-0.1, -0.05) is 95.0 Å². The molecule has 13 nitrogen and oxygen atoms in total. The number of rotatable bonds is 9. The number of carbonyl (C=O) groups excluding carboxylic acids is 5. The lowest BCUT2D eigenvalue weighted by Gasteiger charge is -2.37. The van der Waals surface area contributed by atoms with Gasteiger partial charge in [0.1, 0.15) is 30.8 Å². The van der Waals surface area contributed by atoms with Crippen LogP contribution in [0.25, 0.3) is 0 Å². The van der Waals surface area contributed by atoms with Gasteiger partial charge in [-0.2, -0.15) is 0 Å². The van der Waals surface area contributed by atoms with Crippen LogP contribution < -0.4 is 21.3 Å². The van der Waals surface area contributed by atoms with Gasteiger partial charge < -0.3 is 36.0 Å². The van der Waals surface area contributed by atoms with E-state index in [1.165, 1.54) is 63.8 Å². The molecule has 62 heavy (non-hydrogen) atoms. The third-order valence-corrected chi connectivity index (χ3v) is 15.6. The molecular weight excluding hydrogens is 807 g/mol. The molecular formula is C48H71N5O8S. The second-order valence-corrected chi connectivity index (χ2v) is 20.0. The Kier molecular flexibility index (Phi) is 18.1. The standard InChI is InChI=1S/C48H71N5O8S/c1-31(48(59)60)53(2)47(58)42-29-34-17-22-37(23-18-34)61-30-43(54)49-39(26-24-38-14-9-27-62-38)44(55)51-41(28-33-15-20-36(21-16-33)35-12-7-4-8-13-35)46(57)50-40(45(56)52-42)25-19-32-10-5-3-6-11-32/h9,14,27,31-37,39-42H,3-8,10-13,15-23,25,28-30H2,1-2H3,(H,49,54)(H,50,57)(H,51,55)(H,52,56)(H,59,60). The Morgan fingerprint density at radius 2 is 1.42 bits per heavy atom. The van der Waals surface area contributed by atoms with Crippen LogP contribution in [0.15, 0.2) is 17.5 Å². The predicted molar refractivity (Wildman–Crippen MR) is 238 cm³/mol. The highest BCUT2D eigenvalue weighted by Crippen LogP contribution is 2.41. The lowest BCUT2D eigenvalue weighted by atomic mass is 9.70. The molecule has 2 aliphatic heterocycles. The normalized spacial score (nSPS) is 30.7. The van der Waals surface area contributed by atoms with E-state index in [0.717, 1.165) is 67.1 Å². The molecule has 14 heteroatoms. The molecule has 1 aromatic heterocycles. The first-order valence-corrected chi connectivity index (χ1v) is 24.7. The Morgan fingerprint density at radius 3 is 2.08 bits per heavy atom. The Morgan fingerprint density at radius 1 is 0.774 bits per heavy atom. The summed E-state index contributed by atoms with van der Waals surface area (Å²) >= 11 is 1.42. The van der Waals surface area contributed by atoms with Gasteiger partial charge in [-0.25, -0.2) is 4.79 Å². The number of likely N-dealkylation sites (N-methyl/N-ethyl adjacent to an activating group) is 1. The van der Waals surface area contributed by atoms with Gasteiger partial charge >= 0.3 is 5.97 Å². The number of nitrogens with zero attached hydrogens (tertiary/aromatic N) is 1. The number of thiophene rings is 1. The van der Waals surface area contributed by atoms with E-state index >= 15 is 0 Å². The van der Waals surface area contributed by atoms with Crippen LogP contribution >= 0.6 is 11.3 Å². The van der Waals surface area contributed by atoms with E-state index in [2.05, 4.69) is 33.1 Å². The maximum atomic E-state index is 14.7. The Labute approximate surface area is 372 Å². The topological polar surface area (TPSA) is 183 Å². The number of carboxylic acids is 1. The molecule has 0 spiro atoms. The molecule has 5 amide bonds. The van der Waals surface area contributed by atoms with Crippen LogP contribution in [0.2, 0.25) is 0 Å². The molecule has 0 aromatic carbocycles. The Hall–Kier alpha value is -3.96. The number of fused-ring (bicyclic) bond motifs is 16. The molecule has 2 bridgehead atoms. The van der Waals surface area contributed by atoms with Crippen molar-refractivity contribution in [2.75, 3.05) is 13.7 Å². The van der Waals surface area contributed by atoms with Crippen LogP contribution in [0.1, 0.15) is 153 Å². The molecule has 5 unspecified atom stereocenters. The van der Waals surface area contributed by atoms with Crippen LogP contribution in [0.3, 0.4) is 0 Å². The summed E-state index contributed by atoms with van der Waals surface area (Å²) in [6.45, 7) is 1.17. The summed E-state index contributed by atoms with van der Waals surface area (Å²) in [5, 5.41) is 23.5. The minimum atomic E-state index is -1.26. The van der Waals surface area contributed by atoms with E-state index in [4.69, 9.17) is 4.74 Å². The van der Waals surface area contributed by atoms with E-state index in [-0.39, 0.29) is 24.5 Å². The molecule has 6 aliphatic rings. The first kappa shape index (κ1) is 47.5. The molecule has 342 valence electrons. The van der Waals surface area contributed by atoms with Crippen molar-refractivity contribution < 1.29 is 38.6 Å². The number of hydrogen-bond acceptors (Lipinski definition) is 8. The van der Waals surface area contributed by atoms with Crippen LogP contribution in [-0.4, -0.2) is 95.5 Å². The van der Waals surface area contributed by atoms with Crippen molar-refractivity contribution in [2.45, 2.75) is 184 Å². The van der Waals surface area contributed by atoms with E-state index in [1.54, 1.807) is 0 Å². The first-order valence-electron chi connectivity index (χ1n) is 23.8. The zero-order chi connectivity index (χ0) is 44.0. The highest BCUT2D eigenvalue weighted by Gasteiger charge is 2.38. The second kappa shape index (κ2) is 23.6. The molecule has 7 rings (SSSR count).